The highest BCUT2D eigenvalue weighted by Gasteiger charge is 2.24. The molecule has 0 unspecified atom stereocenters. The second-order valence-electron chi connectivity index (χ2n) is 9.61. The van der Waals surface area contributed by atoms with Gasteiger partial charge in [0.1, 0.15) is 0 Å². The third-order valence-corrected chi connectivity index (χ3v) is 8.82. The molecule has 31 heavy (non-hydrogen) atoms. The predicted octanol–water partition coefficient (Wildman–Crippen LogP) is 7.47. The van der Waals surface area contributed by atoms with Crippen LogP contribution in [0.1, 0.15) is 115 Å². The third kappa shape index (κ3) is 23.5. The van der Waals surface area contributed by atoms with Gasteiger partial charge in [0, 0.05) is 20.6 Å². The summed E-state index contributed by atoms with van der Waals surface area (Å²) >= 11 is 0. The van der Waals surface area contributed by atoms with E-state index in [0.29, 0.717) is 0 Å². The summed E-state index contributed by atoms with van der Waals surface area (Å²) in [5, 5.41) is 0. The van der Waals surface area contributed by atoms with Gasteiger partial charge in [0.15, 0.2) is 0 Å². The zero-order valence-electron chi connectivity index (χ0n) is 21.1. The molecule has 1 aromatic rings. The van der Waals surface area contributed by atoms with Crippen LogP contribution in [-0.4, -0.2) is 19.5 Å². The van der Waals surface area contributed by atoms with Gasteiger partial charge in [-0.2, -0.15) is 0 Å². The lowest BCUT2D eigenvalue weighted by Crippen LogP contribution is -3.00. The Morgan fingerprint density at radius 1 is 0.581 bits per heavy atom. The highest BCUT2D eigenvalue weighted by atomic mass is 79.9. The first-order valence-electron chi connectivity index (χ1n) is 12.5. The van der Waals surface area contributed by atoms with Gasteiger partial charge < -0.3 is 23.1 Å². The fourth-order valence-electron chi connectivity index (χ4n) is 4.24. The molecule has 186 valence electrons. The second-order valence-corrected chi connectivity index (χ2v) is 14.2. The molecule has 0 aromatic heterocycles. The average molecular weight is 584 g/mol. The van der Waals surface area contributed by atoms with Gasteiger partial charge in [0.05, 0.1) is 12.3 Å². The first-order valence-corrected chi connectivity index (χ1v) is 15.6. The van der Waals surface area contributed by atoms with Crippen molar-refractivity contribution in [1.82, 2.24) is 6.15 Å². The molecule has 0 saturated heterocycles. The van der Waals surface area contributed by atoms with E-state index in [1.165, 1.54) is 121 Å². The SMILES string of the molecule is Br.CCCCCCCCCCCCCCCCCC[P+](C)(C)Cc1ccccc1.N.[Br-]. The summed E-state index contributed by atoms with van der Waals surface area (Å²) in [6, 6.07) is 11.1. The fourth-order valence-corrected chi connectivity index (χ4v) is 6.68. The van der Waals surface area contributed by atoms with Crippen molar-refractivity contribution >= 4 is 24.2 Å². The molecule has 0 heterocycles. The molecule has 0 aliphatic heterocycles. The van der Waals surface area contributed by atoms with Gasteiger partial charge in [0.25, 0.3) is 0 Å². The average Bonchev–Trinajstić information content (AvgIpc) is 2.68. The van der Waals surface area contributed by atoms with E-state index in [1.807, 2.05) is 0 Å². The predicted molar refractivity (Wildman–Crippen MR) is 149 cm³/mol. The molecule has 0 radical (unpaired) electrons. The zero-order valence-corrected chi connectivity index (χ0v) is 25.2. The van der Waals surface area contributed by atoms with E-state index in [-0.39, 0.29) is 40.1 Å². The molecule has 0 atom stereocenters. The van der Waals surface area contributed by atoms with E-state index in [9.17, 15) is 0 Å². The molecule has 0 saturated carbocycles. The summed E-state index contributed by atoms with van der Waals surface area (Å²) in [6.07, 6.45) is 26.2. The lowest BCUT2D eigenvalue weighted by atomic mass is 10.0. The van der Waals surface area contributed by atoms with Crippen LogP contribution in [0.3, 0.4) is 0 Å². The zero-order chi connectivity index (χ0) is 20.3. The number of halogens is 2. The number of hydrogen-bond acceptors (Lipinski definition) is 1. The highest BCUT2D eigenvalue weighted by molar-refractivity contribution is 8.93. The van der Waals surface area contributed by atoms with Crippen molar-refractivity contribution in [2.24, 2.45) is 0 Å². The maximum Gasteiger partial charge on any atom is 0.0837 e. The Bertz CT molecular complexity index is 454. The quantitative estimate of drug-likeness (QED) is 0.133. The van der Waals surface area contributed by atoms with Crippen LogP contribution in [0.25, 0.3) is 0 Å². The molecule has 1 nitrogen and oxygen atoms in total. The van der Waals surface area contributed by atoms with Crippen LogP contribution in [0.15, 0.2) is 30.3 Å². The van der Waals surface area contributed by atoms with Gasteiger partial charge >= 0.3 is 0 Å². The molecule has 0 bridgehead atoms. The minimum atomic E-state index is -0.753. The van der Waals surface area contributed by atoms with Crippen molar-refractivity contribution in [3.63, 3.8) is 0 Å². The van der Waals surface area contributed by atoms with Crippen LogP contribution in [0.4, 0.5) is 0 Å². The normalized spacial score (nSPS) is 10.7. The van der Waals surface area contributed by atoms with Crippen molar-refractivity contribution in [3.8, 4) is 0 Å². The molecule has 4 heteroatoms. The van der Waals surface area contributed by atoms with Gasteiger partial charge in [0.2, 0.25) is 0 Å². The van der Waals surface area contributed by atoms with Gasteiger partial charge in [-0.05, 0) is 18.4 Å². The summed E-state index contributed by atoms with van der Waals surface area (Å²) < 4.78 is 0. The second kappa shape index (κ2) is 25.2. The molecule has 1 rings (SSSR count). The highest BCUT2D eigenvalue weighted by Crippen LogP contribution is 2.54. The van der Waals surface area contributed by atoms with Gasteiger partial charge in [-0.1, -0.05) is 127 Å². The van der Waals surface area contributed by atoms with Crippen molar-refractivity contribution in [1.29, 1.82) is 0 Å². The van der Waals surface area contributed by atoms with Crippen molar-refractivity contribution in [3.05, 3.63) is 35.9 Å². The van der Waals surface area contributed by atoms with Crippen molar-refractivity contribution < 1.29 is 17.0 Å². The van der Waals surface area contributed by atoms with E-state index in [4.69, 9.17) is 0 Å². The molecule has 0 aliphatic rings. The standard InChI is InChI=1S/C27H50P.2BrH.H3N/c1-4-5-6-7-8-9-10-11-12-13-14-15-16-17-18-22-25-28(2,3)26-27-23-20-19-21-24-27;;;/h19-21,23-24H,4-18,22,25-26H2,1-3H3;2*1H;1H3/q+1;;;/p-1. The number of hydrogen-bond donors (Lipinski definition) is 1. The van der Waals surface area contributed by atoms with E-state index in [0.717, 1.165) is 0 Å². The van der Waals surface area contributed by atoms with Crippen molar-refractivity contribution in [2.45, 2.75) is 116 Å². The van der Waals surface area contributed by atoms with Crippen LogP contribution in [0, 0.1) is 0 Å². The van der Waals surface area contributed by atoms with Crippen LogP contribution < -0.4 is 23.1 Å². The molecule has 0 amide bonds. The molecular formula is C27H54Br2NP. The molecule has 1 aromatic carbocycles. The Hall–Kier alpha value is 0.570. The van der Waals surface area contributed by atoms with Gasteiger partial charge in [-0.25, -0.2) is 0 Å². The van der Waals surface area contributed by atoms with Gasteiger partial charge in [-0.15, -0.1) is 17.0 Å². The first kappa shape index (κ1) is 36.1. The van der Waals surface area contributed by atoms with Crippen LogP contribution in [0.2, 0.25) is 0 Å². The lowest BCUT2D eigenvalue weighted by molar-refractivity contribution is -0.00000691. The van der Waals surface area contributed by atoms with E-state index in [2.05, 4.69) is 50.6 Å². The van der Waals surface area contributed by atoms with Crippen LogP contribution in [0.5, 0.6) is 0 Å². The molecule has 3 N–H and O–H groups in total. The number of benzene rings is 1. The fraction of sp³-hybridized carbons (Fsp3) is 0.778. The molecular weight excluding hydrogens is 529 g/mol. The molecule has 0 spiro atoms. The number of unbranched alkanes of at least 4 members (excludes halogenated alkanes) is 15. The number of rotatable bonds is 19. The Morgan fingerprint density at radius 3 is 1.32 bits per heavy atom. The third-order valence-electron chi connectivity index (χ3n) is 6.07. The summed E-state index contributed by atoms with van der Waals surface area (Å²) in [4.78, 5) is 0. The summed E-state index contributed by atoms with van der Waals surface area (Å²) in [5.41, 5.74) is 1.54. The van der Waals surface area contributed by atoms with Crippen LogP contribution in [-0.2, 0) is 6.16 Å². The lowest BCUT2D eigenvalue weighted by Gasteiger charge is -2.18. The maximum absolute atomic E-state index is 2.55. The van der Waals surface area contributed by atoms with Crippen LogP contribution >= 0.6 is 24.2 Å². The topological polar surface area (TPSA) is 35.0 Å². The minimum absolute atomic E-state index is 0. The summed E-state index contributed by atoms with van der Waals surface area (Å²) in [6.45, 7) is 7.39. The molecule has 0 fully saturated rings. The van der Waals surface area contributed by atoms with E-state index in [1.54, 1.807) is 0 Å². The first-order chi connectivity index (χ1) is 13.6. The Morgan fingerprint density at radius 2 is 0.935 bits per heavy atom. The Kier molecular flexibility index (Phi) is 29.4. The molecule has 0 aliphatic carbocycles. The van der Waals surface area contributed by atoms with Crippen molar-refractivity contribution in [2.75, 3.05) is 19.5 Å². The monoisotopic (exact) mass is 581 g/mol. The Balaban J connectivity index is -0.00000261. The summed E-state index contributed by atoms with van der Waals surface area (Å²) in [5.74, 6) is 0. The summed E-state index contributed by atoms with van der Waals surface area (Å²) in [7, 11) is -0.753. The maximum atomic E-state index is 2.55. The smallest absolute Gasteiger partial charge is 0.0837 e. The minimum Gasteiger partial charge on any atom is -1.00 e. The van der Waals surface area contributed by atoms with E-state index >= 15 is 0 Å². The van der Waals surface area contributed by atoms with E-state index < -0.39 is 7.26 Å². The Labute approximate surface area is 217 Å². The van der Waals surface area contributed by atoms with Gasteiger partial charge in [-0.3, -0.25) is 0 Å². The largest absolute Gasteiger partial charge is 1.00 e.